The summed E-state index contributed by atoms with van der Waals surface area (Å²) >= 11 is 3.33. The molecule has 0 spiro atoms. The average molecular weight is 324 g/mol. The number of methoxy groups -OCH3 is 1. The number of nitro benzene ring substituents is 1. The van der Waals surface area contributed by atoms with Gasteiger partial charge in [0.15, 0.2) is 0 Å². The van der Waals surface area contributed by atoms with Crippen molar-refractivity contribution < 1.29 is 14.4 Å². The summed E-state index contributed by atoms with van der Waals surface area (Å²) in [5.41, 5.74) is -0.0920. The van der Waals surface area contributed by atoms with E-state index in [0.29, 0.717) is 11.5 Å². The quantitative estimate of drug-likeness (QED) is 0.626. The smallest absolute Gasteiger partial charge is 0.311 e. The molecule has 0 N–H and O–H groups in total. The van der Waals surface area contributed by atoms with Crippen LogP contribution in [0.1, 0.15) is 0 Å². The van der Waals surface area contributed by atoms with E-state index in [2.05, 4.69) is 15.9 Å². The first-order valence-corrected chi connectivity index (χ1v) is 6.15. The Bertz CT molecular complexity index is 598. The molecule has 0 saturated heterocycles. The Morgan fingerprint density at radius 1 is 1.11 bits per heavy atom. The first-order chi connectivity index (χ1) is 9.10. The van der Waals surface area contributed by atoms with Crippen LogP contribution in [-0.4, -0.2) is 12.0 Å². The predicted molar refractivity (Wildman–Crippen MR) is 73.9 cm³/mol. The summed E-state index contributed by atoms with van der Waals surface area (Å²) in [6.45, 7) is 0. The van der Waals surface area contributed by atoms with Crippen molar-refractivity contribution in [1.82, 2.24) is 0 Å². The first-order valence-electron chi connectivity index (χ1n) is 5.36. The Labute approximate surface area is 118 Å². The van der Waals surface area contributed by atoms with Crippen LogP contribution in [0.4, 0.5) is 5.69 Å². The Morgan fingerprint density at radius 3 is 2.32 bits per heavy atom. The maximum atomic E-state index is 10.8. The Balaban J connectivity index is 2.26. The third-order valence-corrected chi connectivity index (χ3v) is 2.93. The maximum Gasteiger partial charge on any atom is 0.311 e. The van der Waals surface area contributed by atoms with Gasteiger partial charge in [0.05, 0.1) is 12.0 Å². The SMILES string of the molecule is COc1cc(Oc2ccc(Br)cc2)ccc1[N+](=O)[O-]. The second-order valence-corrected chi connectivity index (χ2v) is 4.56. The molecule has 0 bridgehead atoms. The van der Waals surface area contributed by atoms with E-state index in [1.165, 1.54) is 25.3 Å². The van der Waals surface area contributed by atoms with E-state index < -0.39 is 4.92 Å². The molecule has 0 fully saturated rings. The normalized spacial score (nSPS) is 10.0. The second kappa shape index (κ2) is 5.71. The van der Waals surface area contributed by atoms with Gasteiger partial charge >= 0.3 is 5.69 Å². The summed E-state index contributed by atoms with van der Waals surface area (Å²) in [4.78, 5) is 10.3. The van der Waals surface area contributed by atoms with Crippen LogP contribution in [0.15, 0.2) is 46.9 Å². The molecular formula is C13H10BrNO4. The van der Waals surface area contributed by atoms with Crippen molar-refractivity contribution in [2.75, 3.05) is 7.11 Å². The van der Waals surface area contributed by atoms with Gasteiger partial charge in [-0.2, -0.15) is 0 Å². The molecule has 98 valence electrons. The lowest BCUT2D eigenvalue weighted by Gasteiger charge is -2.07. The van der Waals surface area contributed by atoms with E-state index in [-0.39, 0.29) is 11.4 Å². The Morgan fingerprint density at radius 2 is 1.74 bits per heavy atom. The fourth-order valence-electron chi connectivity index (χ4n) is 1.51. The van der Waals surface area contributed by atoms with E-state index in [9.17, 15) is 10.1 Å². The largest absolute Gasteiger partial charge is 0.490 e. The summed E-state index contributed by atoms with van der Waals surface area (Å²) in [6.07, 6.45) is 0. The lowest BCUT2D eigenvalue weighted by atomic mass is 10.2. The number of hydrogen-bond donors (Lipinski definition) is 0. The molecule has 2 aromatic carbocycles. The molecule has 0 amide bonds. The number of halogens is 1. The van der Waals surface area contributed by atoms with Crippen LogP contribution in [0.3, 0.4) is 0 Å². The van der Waals surface area contributed by atoms with Crippen molar-refractivity contribution in [2.24, 2.45) is 0 Å². The maximum absolute atomic E-state index is 10.8. The Hall–Kier alpha value is -2.08. The summed E-state index contributed by atoms with van der Waals surface area (Å²) in [5.74, 6) is 1.28. The zero-order valence-corrected chi connectivity index (χ0v) is 11.6. The molecule has 19 heavy (non-hydrogen) atoms. The highest BCUT2D eigenvalue weighted by Gasteiger charge is 2.15. The number of benzene rings is 2. The molecule has 0 aliphatic heterocycles. The number of nitrogens with zero attached hydrogens (tertiary/aromatic N) is 1. The van der Waals surface area contributed by atoms with Gasteiger partial charge in [-0.15, -0.1) is 0 Å². The van der Waals surface area contributed by atoms with E-state index in [4.69, 9.17) is 9.47 Å². The monoisotopic (exact) mass is 323 g/mol. The van der Waals surface area contributed by atoms with Crippen molar-refractivity contribution in [2.45, 2.75) is 0 Å². The van der Waals surface area contributed by atoms with Crippen molar-refractivity contribution in [1.29, 1.82) is 0 Å². The molecule has 0 unspecified atom stereocenters. The van der Waals surface area contributed by atoms with Crippen molar-refractivity contribution >= 4 is 21.6 Å². The van der Waals surface area contributed by atoms with Gasteiger partial charge in [-0.25, -0.2) is 0 Å². The third-order valence-electron chi connectivity index (χ3n) is 2.40. The van der Waals surface area contributed by atoms with Gasteiger partial charge in [0.2, 0.25) is 5.75 Å². The zero-order valence-electron chi connectivity index (χ0n) is 10.00. The van der Waals surface area contributed by atoms with Crippen molar-refractivity contribution in [3.63, 3.8) is 0 Å². The number of rotatable bonds is 4. The number of ether oxygens (including phenoxy) is 2. The summed E-state index contributed by atoms with van der Waals surface area (Å²) in [6, 6.07) is 11.6. The van der Waals surface area contributed by atoms with Crippen LogP contribution in [0.2, 0.25) is 0 Å². The summed E-state index contributed by atoms with van der Waals surface area (Å²) < 4.78 is 11.5. The lowest BCUT2D eigenvalue weighted by molar-refractivity contribution is -0.385. The highest BCUT2D eigenvalue weighted by Crippen LogP contribution is 2.33. The fraction of sp³-hybridized carbons (Fsp3) is 0.0769. The van der Waals surface area contributed by atoms with Gasteiger partial charge in [0.25, 0.3) is 0 Å². The molecule has 0 heterocycles. The van der Waals surface area contributed by atoms with Crippen molar-refractivity contribution in [3.8, 4) is 17.2 Å². The average Bonchev–Trinajstić information content (AvgIpc) is 2.41. The summed E-state index contributed by atoms with van der Waals surface area (Å²) in [7, 11) is 1.38. The van der Waals surface area contributed by atoms with Crippen LogP contribution < -0.4 is 9.47 Å². The van der Waals surface area contributed by atoms with Crippen LogP contribution in [0.25, 0.3) is 0 Å². The van der Waals surface area contributed by atoms with Gasteiger partial charge < -0.3 is 9.47 Å². The lowest BCUT2D eigenvalue weighted by Crippen LogP contribution is -1.94. The molecule has 0 aliphatic carbocycles. The molecular weight excluding hydrogens is 314 g/mol. The fourth-order valence-corrected chi connectivity index (χ4v) is 1.78. The van der Waals surface area contributed by atoms with Crippen LogP contribution >= 0.6 is 15.9 Å². The second-order valence-electron chi connectivity index (χ2n) is 3.65. The summed E-state index contributed by atoms with van der Waals surface area (Å²) in [5, 5.41) is 10.8. The van der Waals surface area contributed by atoms with Gasteiger partial charge in [-0.05, 0) is 30.3 Å². The Kier molecular flexibility index (Phi) is 4.01. The molecule has 0 aromatic heterocycles. The van der Waals surface area contributed by atoms with E-state index in [1.807, 2.05) is 12.1 Å². The standard InChI is InChI=1S/C13H10BrNO4/c1-18-13-8-11(6-7-12(13)15(16)17)19-10-4-2-9(14)3-5-10/h2-8H,1H3. The predicted octanol–water partition coefficient (Wildman–Crippen LogP) is 4.16. The van der Waals surface area contributed by atoms with E-state index in [0.717, 1.165) is 4.47 Å². The van der Waals surface area contributed by atoms with Gasteiger partial charge in [0, 0.05) is 16.6 Å². The molecule has 2 rings (SSSR count). The van der Waals surface area contributed by atoms with Gasteiger partial charge in [-0.3, -0.25) is 10.1 Å². The minimum atomic E-state index is -0.498. The van der Waals surface area contributed by atoms with E-state index >= 15 is 0 Å². The topological polar surface area (TPSA) is 61.6 Å². The van der Waals surface area contributed by atoms with Crippen LogP contribution in [0.5, 0.6) is 17.2 Å². The third kappa shape index (κ3) is 3.23. The molecule has 0 atom stereocenters. The van der Waals surface area contributed by atoms with Crippen LogP contribution in [-0.2, 0) is 0 Å². The highest BCUT2D eigenvalue weighted by molar-refractivity contribution is 9.10. The zero-order chi connectivity index (χ0) is 13.8. The highest BCUT2D eigenvalue weighted by atomic mass is 79.9. The number of nitro groups is 1. The minimum Gasteiger partial charge on any atom is -0.490 e. The molecule has 5 nitrogen and oxygen atoms in total. The number of hydrogen-bond acceptors (Lipinski definition) is 4. The van der Waals surface area contributed by atoms with Crippen molar-refractivity contribution in [3.05, 3.63) is 57.1 Å². The molecule has 0 radical (unpaired) electrons. The molecule has 6 heteroatoms. The molecule has 0 saturated carbocycles. The molecule has 2 aromatic rings. The first kappa shape index (κ1) is 13.4. The minimum absolute atomic E-state index is 0.0920. The van der Waals surface area contributed by atoms with Gasteiger partial charge in [-0.1, -0.05) is 15.9 Å². The van der Waals surface area contributed by atoms with Gasteiger partial charge in [0.1, 0.15) is 11.5 Å². The van der Waals surface area contributed by atoms with Crippen LogP contribution in [0, 0.1) is 10.1 Å². The van der Waals surface area contributed by atoms with E-state index in [1.54, 1.807) is 12.1 Å². The molecule has 0 aliphatic rings.